The van der Waals surface area contributed by atoms with Crippen molar-refractivity contribution in [1.82, 2.24) is 9.97 Å². The molecule has 0 fully saturated rings. The molecule has 3 aromatic rings. The van der Waals surface area contributed by atoms with Gasteiger partial charge in [0.25, 0.3) is 0 Å². The van der Waals surface area contributed by atoms with Crippen LogP contribution in [-0.2, 0) is 13.0 Å². The van der Waals surface area contributed by atoms with E-state index in [4.69, 9.17) is 9.47 Å². The molecule has 0 aliphatic carbocycles. The summed E-state index contributed by atoms with van der Waals surface area (Å²) >= 11 is 0. The largest absolute Gasteiger partial charge is 0.493 e. The summed E-state index contributed by atoms with van der Waals surface area (Å²) in [6.45, 7) is 3.43. The molecular formula is C22H23FN4O2. The minimum Gasteiger partial charge on any atom is -0.493 e. The number of anilines is 3. The molecule has 2 heterocycles. The quantitative estimate of drug-likeness (QED) is 0.698. The molecule has 2 aromatic carbocycles. The molecular weight excluding hydrogens is 371 g/mol. The highest BCUT2D eigenvalue weighted by atomic mass is 19.1. The summed E-state index contributed by atoms with van der Waals surface area (Å²) in [4.78, 5) is 11.3. The molecule has 0 radical (unpaired) electrons. The van der Waals surface area contributed by atoms with Gasteiger partial charge >= 0.3 is 0 Å². The second-order valence-corrected chi connectivity index (χ2v) is 6.94. The molecule has 150 valence electrons. The summed E-state index contributed by atoms with van der Waals surface area (Å²) in [6, 6.07) is 12.2. The molecule has 0 unspecified atom stereocenters. The van der Waals surface area contributed by atoms with Crippen LogP contribution in [0.4, 0.5) is 21.7 Å². The van der Waals surface area contributed by atoms with Gasteiger partial charge in [-0.25, -0.2) is 14.4 Å². The van der Waals surface area contributed by atoms with E-state index < -0.39 is 0 Å². The van der Waals surface area contributed by atoms with Crippen LogP contribution >= 0.6 is 0 Å². The van der Waals surface area contributed by atoms with Gasteiger partial charge in [0.05, 0.1) is 14.2 Å². The molecule has 4 rings (SSSR count). The minimum absolute atomic E-state index is 0.269. The van der Waals surface area contributed by atoms with Crippen LogP contribution in [0.25, 0.3) is 0 Å². The Kier molecular flexibility index (Phi) is 5.20. The summed E-state index contributed by atoms with van der Waals surface area (Å²) in [6.07, 6.45) is 0.888. The van der Waals surface area contributed by atoms with Crippen molar-refractivity contribution in [1.29, 1.82) is 0 Å². The van der Waals surface area contributed by atoms with Gasteiger partial charge in [-0.2, -0.15) is 0 Å². The Labute approximate surface area is 169 Å². The van der Waals surface area contributed by atoms with Crippen LogP contribution in [0.5, 0.6) is 11.5 Å². The lowest BCUT2D eigenvalue weighted by atomic mass is 9.99. The van der Waals surface area contributed by atoms with Gasteiger partial charge in [-0.1, -0.05) is 0 Å². The lowest BCUT2D eigenvalue weighted by Crippen LogP contribution is -2.31. The van der Waals surface area contributed by atoms with E-state index in [1.807, 2.05) is 19.1 Å². The van der Waals surface area contributed by atoms with Gasteiger partial charge in [0, 0.05) is 24.8 Å². The van der Waals surface area contributed by atoms with E-state index >= 15 is 0 Å². The number of fused-ring (bicyclic) bond motifs is 1. The number of methoxy groups -OCH3 is 2. The summed E-state index contributed by atoms with van der Waals surface area (Å²) in [5, 5.41) is 3.22. The summed E-state index contributed by atoms with van der Waals surface area (Å²) in [7, 11) is 3.30. The standard InChI is InChI=1S/C22H23FN4O2/c1-14-24-21(26-18-6-4-17(23)5-7-18)12-22(25-14)27-9-8-15-10-19(28-2)20(29-3)11-16(15)13-27/h4-7,10-12H,8-9,13H2,1-3H3,(H,24,25,26). The van der Waals surface area contributed by atoms with E-state index in [0.717, 1.165) is 42.5 Å². The first kappa shape index (κ1) is 19.0. The Bertz CT molecular complexity index is 1020. The van der Waals surface area contributed by atoms with Crippen molar-refractivity contribution in [2.75, 3.05) is 31.0 Å². The van der Waals surface area contributed by atoms with Crippen molar-refractivity contribution in [3.63, 3.8) is 0 Å². The molecule has 1 aliphatic heterocycles. The van der Waals surface area contributed by atoms with Gasteiger partial charge in [-0.05, 0) is 60.9 Å². The SMILES string of the molecule is COc1cc2c(cc1OC)CN(c1cc(Nc3ccc(F)cc3)nc(C)n1)CC2. The highest BCUT2D eigenvalue weighted by Gasteiger charge is 2.21. The van der Waals surface area contributed by atoms with Crippen molar-refractivity contribution in [3.05, 3.63) is 65.2 Å². The first-order valence-electron chi connectivity index (χ1n) is 9.42. The number of ether oxygens (including phenoxy) is 2. The average molecular weight is 394 g/mol. The van der Waals surface area contributed by atoms with E-state index in [2.05, 4.69) is 26.3 Å². The fourth-order valence-corrected chi connectivity index (χ4v) is 3.54. The molecule has 6 nitrogen and oxygen atoms in total. The summed E-state index contributed by atoms with van der Waals surface area (Å²) in [5.74, 6) is 3.41. The van der Waals surface area contributed by atoms with Crippen molar-refractivity contribution < 1.29 is 13.9 Å². The maximum atomic E-state index is 13.1. The number of rotatable bonds is 5. The molecule has 0 atom stereocenters. The molecule has 1 aliphatic rings. The molecule has 0 spiro atoms. The number of aryl methyl sites for hydroxylation is 1. The summed E-state index contributed by atoms with van der Waals surface area (Å²) < 4.78 is 24.0. The first-order valence-corrected chi connectivity index (χ1v) is 9.42. The first-order chi connectivity index (χ1) is 14.1. The number of aromatic nitrogens is 2. The molecule has 29 heavy (non-hydrogen) atoms. The third kappa shape index (κ3) is 4.08. The minimum atomic E-state index is -0.269. The van der Waals surface area contributed by atoms with E-state index in [9.17, 15) is 4.39 Å². The van der Waals surface area contributed by atoms with E-state index in [-0.39, 0.29) is 5.82 Å². The molecule has 0 saturated heterocycles. The second-order valence-electron chi connectivity index (χ2n) is 6.94. The maximum absolute atomic E-state index is 13.1. The van der Waals surface area contributed by atoms with Crippen LogP contribution in [0.15, 0.2) is 42.5 Å². The van der Waals surface area contributed by atoms with Gasteiger partial charge in [-0.15, -0.1) is 0 Å². The summed E-state index contributed by atoms with van der Waals surface area (Å²) in [5.41, 5.74) is 3.23. The van der Waals surface area contributed by atoms with Crippen LogP contribution in [0.3, 0.4) is 0 Å². The average Bonchev–Trinajstić information content (AvgIpc) is 2.73. The predicted octanol–water partition coefficient (Wildman–Crippen LogP) is 4.25. The fraction of sp³-hybridized carbons (Fsp3) is 0.273. The van der Waals surface area contributed by atoms with E-state index in [1.54, 1.807) is 26.4 Å². The van der Waals surface area contributed by atoms with Crippen LogP contribution in [0.1, 0.15) is 17.0 Å². The maximum Gasteiger partial charge on any atom is 0.161 e. The zero-order valence-corrected chi connectivity index (χ0v) is 16.7. The number of halogens is 1. The Morgan fingerprint density at radius 1 is 0.966 bits per heavy atom. The molecule has 0 saturated carbocycles. The lowest BCUT2D eigenvalue weighted by Gasteiger charge is -2.30. The zero-order valence-electron chi connectivity index (χ0n) is 16.7. The van der Waals surface area contributed by atoms with Crippen molar-refractivity contribution in [2.24, 2.45) is 0 Å². The Morgan fingerprint density at radius 3 is 2.34 bits per heavy atom. The molecule has 0 bridgehead atoms. The Hall–Kier alpha value is -3.35. The van der Waals surface area contributed by atoms with E-state index in [1.165, 1.54) is 23.3 Å². The van der Waals surface area contributed by atoms with Crippen molar-refractivity contribution in [2.45, 2.75) is 19.9 Å². The van der Waals surface area contributed by atoms with Gasteiger partial charge in [0.2, 0.25) is 0 Å². The van der Waals surface area contributed by atoms with Crippen LogP contribution in [0, 0.1) is 12.7 Å². The Morgan fingerprint density at radius 2 is 1.66 bits per heavy atom. The number of nitrogens with zero attached hydrogens (tertiary/aromatic N) is 3. The van der Waals surface area contributed by atoms with Crippen molar-refractivity contribution >= 4 is 17.3 Å². The number of hydrogen-bond acceptors (Lipinski definition) is 6. The topological polar surface area (TPSA) is 59.5 Å². The fourth-order valence-electron chi connectivity index (χ4n) is 3.54. The third-order valence-electron chi connectivity index (χ3n) is 4.98. The van der Waals surface area contributed by atoms with Gasteiger partial charge in [0.15, 0.2) is 11.5 Å². The zero-order chi connectivity index (χ0) is 20.4. The number of hydrogen-bond donors (Lipinski definition) is 1. The van der Waals surface area contributed by atoms with E-state index in [0.29, 0.717) is 11.6 Å². The number of benzene rings is 2. The van der Waals surface area contributed by atoms with Crippen molar-refractivity contribution in [3.8, 4) is 11.5 Å². The van der Waals surface area contributed by atoms with Gasteiger partial charge < -0.3 is 19.7 Å². The van der Waals surface area contributed by atoms with Crippen LogP contribution in [-0.4, -0.2) is 30.7 Å². The predicted molar refractivity (Wildman–Crippen MR) is 111 cm³/mol. The lowest BCUT2D eigenvalue weighted by molar-refractivity contribution is 0.353. The smallest absolute Gasteiger partial charge is 0.161 e. The monoisotopic (exact) mass is 394 g/mol. The van der Waals surface area contributed by atoms with Crippen LogP contribution in [0.2, 0.25) is 0 Å². The third-order valence-corrected chi connectivity index (χ3v) is 4.98. The Balaban J connectivity index is 1.59. The van der Waals surface area contributed by atoms with Gasteiger partial charge in [0.1, 0.15) is 23.3 Å². The molecule has 7 heteroatoms. The highest BCUT2D eigenvalue weighted by molar-refractivity contribution is 5.60. The normalized spacial score (nSPS) is 13.0. The highest BCUT2D eigenvalue weighted by Crippen LogP contribution is 2.34. The molecule has 1 aromatic heterocycles. The number of nitrogens with one attached hydrogen (secondary N) is 1. The molecule has 0 amide bonds. The molecule has 1 N–H and O–H groups in total. The van der Waals surface area contributed by atoms with Crippen LogP contribution < -0.4 is 19.7 Å². The van der Waals surface area contributed by atoms with Gasteiger partial charge in [-0.3, -0.25) is 0 Å². The second kappa shape index (κ2) is 7.95.